The van der Waals surface area contributed by atoms with E-state index in [1.807, 2.05) is 0 Å². The van der Waals surface area contributed by atoms with Crippen LogP contribution in [0.2, 0.25) is 0 Å². The molecule has 0 aliphatic carbocycles. The van der Waals surface area contributed by atoms with Gasteiger partial charge in [-0.15, -0.1) is 0 Å². The molecule has 1 aliphatic heterocycles. The van der Waals surface area contributed by atoms with Crippen LogP contribution < -0.4 is 4.74 Å². The van der Waals surface area contributed by atoms with Crippen molar-refractivity contribution in [1.82, 2.24) is 4.90 Å². The zero-order chi connectivity index (χ0) is 26.8. The molecule has 2 aromatic rings. The van der Waals surface area contributed by atoms with E-state index >= 15 is 0 Å². The Morgan fingerprint density at radius 1 is 1.19 bits per heavy atom. The number of hydrogen-bond acceptors (Lipinski definition) is 8. The standard InChI is InChI=1S/C22H16BrF3N2O7S/c1-11(2)34-19(29)10-27-20(30)18(36-21(27)31)8-12-3-5-16(14(23)7-12)35-17-6-4-13(22(24,25)26)9-15(17)28(32)33/h3-9,11H,10H2,1-2H3/b18-8+. The molecular weight excluding hydrogens is 573 g/mol. The molecule has 0 bridgehead atoms. The lowest BCUT2D eigenvalue weighted by Gasteiger charge is -2.13. The molecular formula is C22H16BrF3N2O7S. The van der Waals surface area contributed by atoms with E-state index in [1.54, 1.807) is 13.8 Å². The number of ether oxygens (including phenoxy) is 2. The van der Waals surface area contributed by atoms with Gasteiger partial charge in [0.05, 0.1) is 26.0 Å². The van der Waals surface area contributed by atoms with Crippen LogP contribution in [0.4, 0.5) is 23.7 Å². The van der Waals surface area contributed by atoms with Crippen LogP contribution in [-0.4, -0.2) is 39.6 Å². The minimum atomic E-state index is -4.76. The van der Waals surface area contributed by atoms with Crippen LogP contribution in [0.3, 0.4) is 0 Å². The zero-order valence-corrected chi connectivity index (χ0v) is 20.9. The number of amides is 2. The Kier molecular flexibility index (Phi) is 8.09. The van der Waals surface area contributed by atoms with Crippen LogP contribution in [0.25, 0.3) is 6.08 Å². The summed E-state index contributed by atoms with van der Waals surface area (Å²) in [6.45, 7) is 2.74. The first-order chi connectivity index (χ1) is 16.8. The highest BCUT2D eigenvalue weighted by Gasteiger charge is 2.37. The number of nitro benzene ring substituents is 1. The smallest absolute Gasteiger partial charge is 0.416 e. The van der Waals surface area contributed by atoms with Gasteiger partial charge in [0.25, 0.3) is 11.1 Å². The zero-order valence-electron chi connectivity index (χ0n) is 18.5. The molecule has 0 spiro atoms. The minimum absolute atomic E-state index is 0.0521. The van der Waals surface area contributed by atoms with Crippen molar-refractivity contribution in [2.75, 3.05) is 6.54 Å². The maximum Gasteiger partial charge on any atom is 0.416 e. The number of imide groups is 1. The summed E-state index contributed by atoms with van der Waals surface area (Å²) in [5, 5.41) is 10.6. The molecule has 1 saturated heterocycles. The Morgan fingerprint density at radius 2 is 1.86 bits per heavy atom. The van der Waals surface area contributed by atoms with E-state index in [0.717, 1.165) is 11.0 Å². The van der Waals surface area contributed by atoms with Crippen molar-refractivity contribution >= 4 is 56.6 Å². The molecule has 2 aromatic carbocycles. The number of carbonyl (C=O) groups is 3. The average molecular weight is 589 g/mol. The molecule has 1 aliphatic rings. The lowest BCUT2D eigenvalue weighted by atomic mass is 10.1. The maximum absolute atomic E-state index is 12.9. The second kappa shape index (κ2) is 10.7. The summed E-state index contributed by atoms with van der Waals surface area (Å²) in [6.07, 6.45) is -3.77. The van der Waals surface area contributed by atoms with Crippen LogP contribution in [0.1, 0.15) is 25.0 Å². The van der Waals surface area contributed by atoms with Gasteiger partial charge in [0, 0.05) is 6.07 Å². The van der Waals surface area contributed by atoms with E-state index < -0.39 is 57.9 Å². The third-order valence-electron chi connectivity index (χ3n) is 4.48. The number of alkyl halides is 3. The molecule has 0 unspecified atom stereocenters. The summed E-state index contributed by atoms with van der Waals surface area (Å²) in [7, 11) is 0. The quantitative estimate of drug-likeness (QED) is 0.163. The topological polar surface area (TPSA) is 116 Å². The second-order valence-electron chi connectivity index (χ2n) is 7.54. The van der Waals surface area contributed by atoms with Crippen molar-refractivity contribution in [3.63, 3.8) is 0 Å². The van der Waals surface area contributed by atoms with E-state index in [0.29, 0.717) is 29.5 Å². The van der Waals surface area contributed by atoms with Crippen molar-refractivity contribution in [3.05, 3.63) is 67.0 Å². The van der Waals surface area contributed by atoms with E-state index in [4.69, 9.17) is 9.47 Å². The van der Waals surface area contributed by atoms with Crippen molar-refractivity contribution < 1.29 is 42.0 Å². The van der Waals surface area contributed by atoms with E-state index in [2.05, 4.69) is 15.9 Å². The summed E-state index contributed by atoms with van der Waals surface area (Å²) < 4.78 is 49.4. The van der Waals surface area contributed by atoms with Gasteiger partial charge in [-0.05, 0) is 77.4 Å². The van der Waals surface area contributed by atoms with Crippen LogP contribution in [0.15, 0.2) is 45.8 Å². The van der Waals surface area contributed by atoms with Gasteiger partial charge in [-0.25, -0.2) is 0 Å². The molecule has 1 fully saturated rings. The van der Waals surface area contributed by atoms with Crippen LogP contribution in [-0.2, 0) is 20.5 Å². The second-order valence-corrected chi connectivity index (χ2v) is 9.38. The molecule has 0 atom stereocenters. The summed E-state index contributed by atoms with van der Waals surface area (Å²) >= 11 is 3.86. The van der Waals surface area contributed by atoms with Crippen LogP contribution in [0, 0.1) is 10.1 Å². The van der Waals surface area contributed by atoms with Crippen LogP contribution >= 0.6 is 27.7 Å². The monoisotopic (exact) mass is 588 g/mol. The van der Waals surface area contributed by atoms with E-state index in [9.17, 15) is 37.7 Å². The first-order valence-electron chi connectivity index (χ1n) is 10.0. The lowest BCUT2D eigenvalue weighted by molar-refractivity contribution is -0.385. The number of nitro groups is 1. The number of halogens is 4. The Bertz CT molecular complexity index is 1280. The van der Waals surface area contributed by atoms with Gasteiger partial charge in [0.15, 0.2) is 0 Å². The molecule has 14 heteroatoms. The molecule has 190 valence electrons. The average Bonchev–Trinajstić information content (AvgIpc) is 3.01. The molecule has 0 saturated carbocycles. The Labute approximate surface area is 214 Å². The first kappa shape index (κ1) is 27.2. The third-order valence-corrected chi connectivity index (χ3v) is 6.01. The van der Waals surface area contributed by atoms with Crippen molar-refractivity contribution in [2.24, 2.45) is 0 Å². The minimum Gasteiger partial charge on any atom is -0.462 e. The number of hydrogen-bond donors (Lipinski definition) is 0. The third kappa shape index (κ3) is 6.43. The SMILES string of the molecule is CC(C)OC(=O)CN1C(=O)S/C(=C/c2ccc(Oc3ccc(C(F)(F)F)cc3[N+](=O)[O-])c(Br)c2)C1=O. The van der Waals surface area contributed by atoms with Gasteiger partial charge in [-0.3, -0.25) is 29.4 Å². The molecule has 2 amide bonds. The number of benzene rings is 2. The number of rotatable bonds is 7. The number of nitrogens with zero attached hydrogens (tertiary/aromatic N) is 2. The summed E-state index contributed by atoms with van der Waals surface area (Å²) in [4.78, 5) is 47.6. The van der Waals surface area contributed by atoms with Gasteiger partial charge in [0.2, 0.25) is 5.75 Å². The normalized spacial score (nSPS) is 15.1. The number of esters is 1. The number of carbonyl (C=O) groups excluding carboxylic acids is 3. The highest BCUT2D eigenvalue weighted by Crippen LogP contribution is 2.40. The molecule has 9 nitrogen and oxygen atoms in total. The number of thioether (sulfide) groups is 1. The fourth-order valence-electron chi connectivity index (χ4n) is 2.95. The molecule has 3 rings (SSSR count). The molecule has 0 N–H and O–H groups in total. The largest absolute Gasteiger partial charge is 0.462 e. The summed E-state index contributed by atoms with van der Waals surface area (Å²) in [5.74, 6) is -1.76. The Hall–Kier alpha value is -3.39. The van der Waals surface area contributed by atoms with Gasteiger partial charge < -0.3 is 9.47 Å². The van der Waals surface area contributed by atoms with Gasteiger partial charge >= 0.3 is 17.8 Å². The molecule has 36 heavy (non-hydrogen) atoms. The molecule has 1 heterocycles. The Morgan fingerprint density at radius 3 is 2.44 bits per heavy atom. The predicted octanol–water partition coefficient (Wildman–Crippen LogP) is 6.16. The van der Waals surface area contributed by atoms with Crippen molar-refractivity contribution in [2.45, 2.75) is 26.1 Å². The van der Waals surface area contributed by atoms with E-state index in [-0.39, 0.29) is 15.1 Å². The molecule has 0 radical (unpaired) electrons. The van der Waals surface area contributed by atoms with Crippen molar-refractivity contribution in [3.8, 4) is 11.5 Å². The predicted molar refractivity (Wildman–Crippen MR) is 126 cm³/mol. The maximum atomic E-state index is 12.9. The fraction of sp³-hybridized carbons (Fsp3) is 0.227. The van der Waals surface area contributed by atoms with Gasteiger partial charge in [-0.1, -0.05) is 6.07 Å². The highest BCUT2D eigenvalue weighted by molar-refractivity contribution is 9.10. The lowest BCUT2D eigenvalue weighted by Crippen LogP contribution is -2.35. The first-order valence-corrected chi connectivity index (χ1v) is 11.6. The van der Waals surface area contributed by atoms with Gasteiger partial charge in [-0.2, -0.15) is 13.2 Å². The van der Waals surface area contributed by atoms with Crippen molar-refractivity contribution in [1.29, 1.82) is 0 Å². The Balaban J connectivity index is 1.80. The summed E-state index contributed by atoms with van der Waals surface area (Å²) in [5.41, 5.74) is -1.63. The van der Waals surface area contributed by atoms with E-state index in [1.165, 1.54) is 24.3 Å². The fourth-order valence-corrected chi connectivity index (χ4v) is 4.26. The van der Waals surface area contributed by atoms with Gasteiger partial charge in [0.1, 0.15) is 12.3 Å². The highest BCUT2D eigenvalue weighted by atomic mass is 79.9. The summed E-state index contributed by atoms with van der Waals surface area (Å²) in [6, 6.07) is 6.22. The molecule has 0 aromatic heterocycles. The van der Waals surface area contributed by atoms with Crippen LogP contribution in [0.5, 0.6) is 11.5 Å².